The first kappa shape index (κ1) is 21.9. The summed E-state index contributed by atoms with van der Waals surface area (Å²) in [5.41, 5.74) is 0.583. The molecular formula is C17H15ClF3N5O3S. The van der Waals surface area contributed by atoms with Gasteiger partial charge in [0.2, 0.25) is 0 Å². The minimum absolute atomic E-state index is 0.00756. The summed E-state index contributed by atoms with van der Waals surface area (Å²) >= 11 is 6.05. The molecule has 0 radical (unpaired) electrons. The molecule has 0 amide bonds. The van der Waals surface area contributed by atoms with Crippen LogP contribution in [0.15, 0.2) is 47.6 Å². The van der Waals surface area contributed by atoms with Crippen LogP contribution < -0.4 is 15.2 Å². The number of aryl methyl sites for hydroxylation is 1. The van der Waals surface area contributed by atoms with Gasteiger partial charge in [0.05, 0.1) is 5.69 Å². The van der Waals surface area contributed by atoms with Gasteiger partial charge < -0.3 is 15.0 Å². The molecule has 0 saturated heterocycles. The molecule has 3 aromatic rings. The van der Waals surface area contributed by atoms with Gasteiger partial charge in [-0.2, -0.15) is 0 Å². The van der Waals surface area contributed by atoms with Gasteiger partial charge in [0, 0.05) is 11.2 Å². The van der Waals surface area contributed by atoms with Gasteiger partial charge in [0.15, 0.2) is 10.8 Å². The molecule has 30 heavy (non-hydrogen) atoms. The van der Waals surface area contributed by atoms with Gasteiger partial charge in [0.25, 0.3) is 10.0 Å². The first-order valence-electron chi connectivity index (χ1n) is 8.26. The van der Waals surface area contributed by atoms with E-state index >= 15 is 0 Å². The van der Waals surface area contributed by atoms with Crippen molar-refractivity contribution >= 4 is 27.4 Å². The number of aromatic nitrogens is 3. The van der Waals surface area contributed by atoms with E-state index in [1.807, 2.05) is 0 Å². The van der Waals surface area contributed by atoms with Crippen molar-refractivity contribution in [3.8, 4) is 5.75 Å². The summed E-state index contributed by atoms with van der Waals surface area (Å²) < 4.78 is 64.4. The summed E-state index contributed by atoms with van der Waals surface area (Å²) in [5.74, 6) is -0.0706. The molecule has 4 N–H and O–H groups in total. The average Bonchev–Trinajstić information content (AvgIpc) is 3.11. The number of nitrogens with zero attached hydrogens (tertiary/aromatic N) is 2. The van der Waals surface area contributed by atoms with E-state index in [2.05, 4.69) is 25.0 Å². The number of imidazole rings is 1. The van der Waals surface area contributed by atoms with Gasteiger partial charge in [-0.25, -0.2) is 23.5 Å². The average molecular weight is 462 g/mol. The third-order valence-electron chi connectivity index (χ3n) is 3.88. The van der Waals surface area contributed by atoms with Crippen molar-refractivity contribution in [2.45, 2.75) is 24.4 Å². The van der Waals surface area contributed by atoms with Crippen molar-refractivity contribution in [1.82, 2.24) is 15.0 Å². The number of primary sulfonamides is 1. The van der Waals surface area contributed by atoms with Crippen LogP contribution in [0.25, 0.3) is 0 Å². The van der Waals surface area contributed by atoms with Crippen LogP contribution >= 0.6 is 11.6 Å². The molecule has 8 nitrogen and oxygen atoms in total. The van der Waals surface area contributed by atoms with Gasteiger partial charge >= 0.3 is 6.36 Å². The molecule has 1 aromatic carbocycles. The Balaban J connectivity index is 1.97. The lowest BCUT2D eigenvalue weighted by Crippen LogP contribution is -2.19. The molecule has 2 aromatic heterocycles. The number of aromatic amines is 1. The van der Waals surface area contributed by atoms with Crippen molar-refractivity contribution in [2.24, 2.45) is 5.14 Å². The Morgan fingerprint density at radius 2 is 1.97 bits per heavy atom. The zero-order valence-electron chi connectivity index (χ0n) is 15.2. The molecule has 2 heterocycles. The molecule has 0 fully saturated rings. The molecule has 160 valence electrons. The number of sulfonamides is 1. The number of ether oxygens (including phenoxy) is 1. The maximum Gasteiger partial charge on any atom is 0.573 e. The zero-order chi connectivity index (χ0) is 22.1. The second-order valence-corrected chi connectivity index (χ2v) is 8.07. The molecule has 0 aliphatic heterocycles. The molecule has 0 spiro atoms. The molecule has 3 rings (SSSR count). The molecule has 0 aliphatic rings. The van der Waals surface area contributed by atoms with Gasteiger partial charge in [0.1, 0.15) is 17.7 Å². The van der Waals surface area contributed by atoms with E-state index in [4.69, 9.17) is 16.7 Å². The molecule has 13 heteroatoms. The van der Waals surface area contributed by atoms with E-state index < -0.39 is 28.2 Å². The molecule has 0 aliphatic carbocycles. The highest BCUT2D eigenvalue weighted by Crippen LogP contribution is 2.30. The third kappa shape index (κ3) is 5.40. The summed E-state index contributed by atoms with van der Waals surface area (Å²) in [7, 11) is -4.04. The van der Waals surface area contributed by atoms with Crippen molar-refractivity contribution in [2.75, 3.05) is 5.32 Å². The van der Waals surface area contributed by atoms with E-state index in [-0.39, 0.29) is 22.4 Å². The van der Waals surface area contributed by atoms with Crippen LogP contribution in [0.3, 0.4) is 0 Å². The number of hydrogen-bond acceptors (Lipinski definition) is 6. The Labute approximate surface area is 174 Å². The van der Waals surface area contributed by atoms with Crippen LogP contribution in [-0.4, -0.2) is 29.7 Å². The van der Waals surface area contributed by atoms with Crippen LogP contribution in [0.2, 0.25) is 5.02 Å². The van der Waals surface area contributed by atoms with Gasteiger partial charge in [-0.05, 0) is 36.8 Å². The van der Waals surface area contributed by atoms with Gasteiger partial charge in [-0.1, -0.05) is 23.7 Å². The number of halogens is 4. The number of pyridine rings is 1. The zero-order valence-corrected chi connectivity index (χ0v) is 16.8. The highest BCUT2D eigenvalue weighted by molar-refractivity contribution is 7.89. The molecular weight excluding hydrogens is 447 g/mol. The number of H-pyrrole nitrogens is 1. The minimum atomic E-state index is -4.84. The highest BCUT2D eigenvalue weighted by Gasteiger charge is 2.32. The minimum Gasteiger partial charge on any atom is -0.404 e. The van der Waals surface area contributed by atoms with Gasteiger partial charge in [-0.15, -0.1) is 13.2 Å². The van der Waals surface area contributed by atoms with Crippen molar-refractivity contribution in [3.05, 3.63) is 64.7 Å². The van der Waals surface area contributed by atoms with Crippen molar-refractivity contribution in [3.63, 3.8) is 0 Å². The largest absolute Gasteiger partial charge is 0.573 e. The number of nitrogens with one attached hydrogen (secondary N) is 2. The lowest BCUT2D eigenvalue weighted by atomic mass is 10.1. The lowest BCUT2D eigenvalue weighted by molar-refractivity contribution is -0.275. The molecule has 1 atom stereocenters. The Morgan fingerprint density at radius 3 is 2.53 bits per heavy atom. The SMILES string of the molecule is Cc1nc(NC(c2cccc(Cl)c2)c2nc(S(N)(=O)=O)c[nH]2)ccc1OC(F)(F)F. The number of rotatable bonds is 6. The Morgan fingerprint density at radius 1 is 1.23 bits per heavy atom. The van der Waals surface area contributed by atoms with Crippen LogP contribution in [0.4, 0.5) is 19.0 Å². The number of alkyl halides is 3. The Kier molecular flexibility index (Phi) is 5.92. The first-order chi connectivity index (χ1) is 13.9. The van der Waals surface area contributed by atoms with E-state index in [0.29, 0.717) is 10.6 Å². The topological polar surface area (TPSA) is 123 Å². The fraction of sp³-hybridized carbons (Fsp3) is 0.176. The predicted octanol–water partition coefficient (Wildman–Crippen LogP) is 3.51. The summed E-state index contributed by atoms with van der Waals surface area (Å²) in [6.07, 6.45) is -3.72. The van der Waals surface area contributed by atoms with Crippen LogP contribution in [0, 0.1) is 6.92 Å². The fourth-order valence-corrected chi connectivity index (χ4v) is 3.26. The highest BCUT2D eigenvalue weighted by atomic mass is 35.5. The smallest absolute Gasteiger partial charge is 0.404 e. The standard InChI is InChI=1S/C17H15ClF3N5O3S/c1-9-12(29-17(19,20)21)5-6-13(24-9)25-15(10-3-2-4-11(18)7-10)16-23-8-14(26-16)30(22,27)28/h2-8,15H,1H3,(H,23,26)(H,24,25)(H2,22,27,28). The predicted molar refractivity (Wildman–Crippen MR) is 103 cm³/mol. The normalized spacial score (nSPS) is 13.1. The van der Waals surface area contributed by atoms with E-state index in [9.17, 15) is 21.6 Å². The Bertz CT molecular complexity index is 1170. The first-order valence-corrected chi connectivity index (χ1v) is 10.2. The third-order valence-corrected chi connectivity index (χ3v) is 4.90. The second-order valence-electron chi connectivity index (χ2n) is 6.13. The quantitative estimate of drug-likeness (QED) is 0.516. The second kappa shape index (κ2) is 8.13. The van der Waals surface area contributed by atoms with E-state index in [1.165, 1.54) is 13.0 Å². The van der Waals surface area contributed by atoms with Crippen LogP contribution in [-0.2, 0) is 10.0 Å². The van der Waals surface area contributed by atoms with Crippen molar-refractivity contribution < 1.29 is 26.3 Å². The number of nitrogens with two attached hydrogens (primary N) is 1. The van der Waals surface area contributed by atoms with E-state index in [1.54, 1.807) is 24.3 Å². The van der Waals surface area contributed by atoms with Crippen LogP contribution in [0.5, 0.6) is 5.75 Å². The summed E-state index contributed by atoms with van der Waals surface area (Å²) in [6.45, 7) is 1.35. The number of anilines is 1. The lowest BCUT2D eigenvalue weighted by Gasteiger charge is -2.19. The van der Waals surface area contributed by atoms with E-state index in [0.717, 1.165) is 12.3 Å². The molecule has 1 unspecified atom stereocenters. The maximum atomic E-state index is 12.5. The Hall–Kier alpha value is -2.83. The molecule has 0 bridgehead atoms. The summed E-state index contributed by atoms with van der Waals surface area (Å²) in [6, 6.07) is 8.28. The molecule has 0 saturated carbocycles. The van der Waals surface area contributed by atoms with Crippen LogP contribution in [0.1, 0.15) is 23.1 Å². The fourth-order valence-electron chi connectivity index (χ4n) is 2.62. The summed E-state index contributed by atoms with van der Waals surface area (Å²) in [5, 5.41) is 8.14. The number of benzene rings is 1. The van der Waals surface area contributed by atoms with Gasteiger partial charge in [-0.3, -0.25) is 0 Å². The maximum absolute atomic E-state index is 12.5. The van der Waals surface area contributed by atoms with Crippen molar-refractivity contribution in [1.29, 1.82) is 0 Å². The number of hydrogen-bond donors (Lipinski definition) is 3. The monoisotopic (exact) mass is 461 g/mol. The summed E-state index contributed by atoms with van der Waals surface area (Å²) in [4.78, 5) is 10.8.